The van der Waals surface area contributed by atoms with E-state index in [1.165, 1.54) is 37.0 Å². The predicted molar refractivity (Wildman–Crippen MR) is 101 cm³/mol. The van der Waals surface area contributed by atoms with Crippen LogP contribution in [0, 0.1) is 6.92 Å². The van der Waals surface area contributed by atoms with E-state index < -0.39 is 16.0 Å². The van der Waals surface area contributed by atoms with Crippen LogP contribution in [0.4, 0.5) is 5.69 Å². The summed E-state index contributed by atoms with van der Waals surface area (Å²) in [5.41, 5.74) is 1.94. The van der Waals surface area contributed by atoms with Gasteiger partial charge in [-0.25, -0.2) is 13.2 Å². The molecule has 0 unspecified atom stereocenters. The highest BCUT2D eigenvalue weighted by molar-refractivity contribution is 7.92. The van der Waals surface area contributed by atoms with Gasteiger partial charge in [0.1, 0.15) is 0 Å². The van der Waals surface area contributed by atoms with Crippen molar-refractivity contribution in [1.29, 1.82) is 0 Å². The van der Waals surface area contributed by atoms with Crippen LogP contribution in [0.2, 0.25) is 0 Å². The topological polar surface area (TPSA) is 83.5 Å². The molecule has 0 saturated heterocycles. The minimum absolute atomic E-state index is 0.0813. The summed E-state index contributed by atoms with van der Waals surface area (Å²) in [6, 6.07) is 11.6. The molecule has 1 fully saturated rings. The van der Waals surface area contributed by atoms with Gasteiger partial charge in [0.25, 0.3) is 10.0 Å². The molecular formula is C20H23NO4S. The number of rotatable bonds is 5. The smallest absolute Gasteiger partial charge is 0.336 e. The van der Waals surface area contributed by atoms with Crippen molar-refractivity contribution in [3.05, 3.63) is 59.2 Å². The first kappa shape index (κ1) is 18.5. The highest BCUT2D eigenvalue weighted by Gasteiger charge is 2.20. The molecular weight excluding hydrogens is 350 g/mol. The van der Waals surface area contributed by atoms with Gasteiger partial charge in [0, 0.05) is 0 Å². The number of anilines is 1. The number of carboxylic acids is 1. The fourth-order valence-corrected chi connectivity index (χ4v) is 4.66. The Hall–Kier alpha value is -2.34. The Bertz CT molecular complexity index is 898. The lowest BCUT2D eigenvalue weighted by molar-refractivity contribution is 0.0696. The molecule has 2 N–H and O–H groups in total. The minimum atomic E-state index is -3.77. The quantitative estimate of drug-likeness (QED) is 0.806. The molecule has 0 heterocycles. The van der Waals surface area contributed by atoms with Gasteiger partial charge in [-0.15, -0.1) is 0 Å². The Morgan fingerprint density at radius 3 is 2.31 bits per heavy atom. The van der Waals surface area contributed by atoms with E-state index in [9.17, 15) is 18.3 Å². The van der Waals surface area contributed by atoms with Crippen LogP contribution in [0.25, 0.3) is 0 Å². The van der Waals surface area contributed by atoms with Crippen LogP contribution in [-0.4, -0.2) is 19.5 Å². The number of hydrogen-bond donors (Lipinski definition) is 2. The maximum atomic E-state index is 12.7. The monoisotopic (exact) mass is 373 g/mol. The lowest BCUT2D eigenvalue weighted by Gasteiger charge is -2.22. The molecule has 0 bridgehead atoms. The van der Waals surface area contributed by atoms with E-state index in [2.05, 4.69) is 4.72 Å². The lowest BCUT2D eigenvalue weighted by atomic mass is 9.84. The Morgan fingerprint density at radius 1 is 1.04 bits per heavy atom. The third-order valence-electron chi connectivity index (χ3n) is 5.08. The van der Waals surface area contributed by atoms with Crippen molar-refractivity contribution in [2.24, 2.45) is 0 Å². The Kier molecular flexibility index (Phi) is 5.32. The molecule has 138 valence electrons. The molecule has 1 saturated carbocycles. The largest absolute Gasteiger partial charge is 0.478 e. The SMILES string of the molecule is Cc1c(NS(=O)(=O)c2ccc(C3CCCCC3)cc2)cccc1C(=O)O. The van der Waals surface area contributed by atoms with Gasteiger partial charge in [0.05, 0.1) is 16.1 Å². The van der Waals surface area contributed by atoms with Gasteiger partial charge >= 0.3 is 5.97 Å². The van der Waals surface area contributed by atoms with Crippen LogP contribution in [0.1, 0.15) is 59.5 Å². The maximum Gasteiger partial charge on any atom is 0.336 e. The molecule has 2 aromatic rings. The third kappa shape index (κ3) is 3.90. The van der Waals surface area contributed by atoms with Crippen LogP contribution in [0.5, 0.6) is 0 Å². The van der Waals surface area contributed by atoms with E-state index in [0.717, 1.165) is 12.8 Å². The number of carbonyl (C=O) groups is 1. The van der Waals surface area contributed by atoms with Crippen molar-refractivity contribution in [3.63, 3.8) is 0 Å². The first-order chi connectivity index (χ1) is 12.4. The summed E-state index contributed by atoms with van der Waals surface area (Å²) in [4.78, 5) is 11.4. The molecule has 6 heteroatoms. The fraction of sp³-hybridized carbons (Fsp3) is 0.350. The van der Waals surface area contributed by atoms with Crippen molar-refractivity contribution in [3.8, 4) is 0 Å². The summed E-state index contributed by atoms with van der Waals surface area (Å²) in [7, 11) is -3.77. The fourth-order valence-electron chi connectivity index (χ4n) is 3.54. The Labute approximate surface area is 154 Å². The van der Waals surface area contributed by atoms with Gasteiger partial charge in [-0.05, 0) is 61.1 Å². The Morgan fingerprint density at radius 2 is 1.69 bits per heavy atom. The van der Waals surface area contributed by atoms with Gasteiger partial charge < -0.3 is 5.11 Å². The first-order valence-electron chi connectivity index (χ1n) is 8.84. The van der Waals surface area contributed by atoms with E-state index in [1.54, 1.807) is 25.1 Å². The molecule has 0 atom stereocenters. The zero-order valence-corrected chi connectivity index (χ0v) is 15.6. The second-order valence-electron chi connectivity index (χ2n) is 6.79. The van der Waals surface area contributed by atoms with Crippen molar-refractivity contribution >= 4 is 21.7 Å². The van der Waals surface area contributed by atoms with E-state index in [1.807, 2.05) is 12.1 Å². The molecule has 1 aliphatic carbocycles. The molecule has 0 aliphatic heterocycles. The molecule has 2 aromatic carbocycles. The third-order valence-corrected chi connectivity index (χ3v) is 6.46. The zero-order chi connectivity index (χ0) is 18.7. The van der Waals surface area contributed by atoms with Crippen molar-refractivity contribution in [2.45, 2.75) is 49.8 Å². The summed E-state index contributed by atoms with van der Waals surface area (Å²) in [5.74, 6) is -0.566. The summed E-state index contributed by atoms with van der Waals surface area (Å²) >= 11 is 0. The number of sulfonamides is 1. The molecule has 26 heavy (non-hydrogen) atoms. The van der Waals surface area contributed by atoms with Crippen LogP contribution in [0.15, 0.2) is 47.4 Å². The summed E-state index contributed by atoms with van der Waals surface area (Å²) < 4.78 is 27.8. The molecule has 0 amide bonds. The van der Waals surface area contributed by atoms with E-state index in [4.69, 9.17) is 0 Å². The molecule has 5 nitrogen and oxygen atoms in total. The second-order valence-corrected chi connectivity index (χ2v) is 8.48. The predicted octanol–water partition coefficient (Wildman–Crippen LogP) is 4.54. The lowest BCUT2D eigenvalue weighted by Crippen LogP contribution is -2.15. The number of aromatic carboxylic acids is 1. The van der Waals surface area contributed by atoms with Crippen molar-refractivity contribution in [2.75, 3.05) is 4.72 Å². The molecule has 0 aromatic heterocycles. The molecule has 3 rings (SSSR count). The van der Waals surface area contributed by atoms with Gasteiger partial charge in [0.2, 0.25) is 0 Å². The van der Waals surface area contributed by atoms with Crippen LogP contribution < -0.4 is 4.72 Å². The van der Waals surface area contributed by atoms with Crippen LogP contribution >= 0.6 is 0 Å². The standard InChI is InChI=1S/C20H23NO4S/c1-14-18(20(22)23)8-5-9-19(14)21-26(24,25)17-12-10-16(11-13-17)15-6-3-2-4-7-15/h5,8-13,15,21H,2-4,6-7H2,1H3,(H,22,23). The second kappa shape index (κ2) is 7.50. The zero-order valence-electron chi connectivity index (χ0n) is 14.7. The summed E-state index contributed by atoms with van der Waals surface area (Å²) in [5, 5.41) is 9.18. The minimum Gasteiger partial charge on any atom is -0.478 e. The van der Waals surface area contributed by atoms with Crippen molar-refractivity contribution in [1.82, 2.24) is 0 Å². The Balaban J connectivity index is 1.82. The highest BCUT2D eigenvalue weighted by atomic mass is 32.2. The summed E-state index contributed by atoms with van der Waals surface area (Å²) in [6.07, 6.45) is 6.05. The molecule has 1 aliphatic rings. The summed E-state index contributed by atoms with van der Waals surface area (Å²) in [6.45, 7) is 1.59. The average molecular weight is 373 g/mol. The van der Waals surface area contributed by atoms with Crippen LogP contribution in [-0.2, 0) is 10.0 Å². The number of hydrogen-bond acceptors (Lipinski definition) is 3. The molecule has 0 radical (unpaired) electrons. The molecule has 0 spiro atoms. The number of carboxylic acid groups (broad SMARTS) is 1. The van der Waals surface area contributed by atoms with Gasteiger partial charge in [0.15, 0.2) is 0 Å². The van der Waals surface area contributed by atoms with E-state index in [-0.39, 0.29) is 16.1 Å². The van der Waals surface area contributed by atoms with Gasteiger partial charge in [-0.3, -0.25) is 4.72 Å². The maximum absolute atomic E-state index is 12.7. The first-order valence-corrected chi connectivity index (χ1v) is 10.3. The van der Waals surface area contributed by atoms with E-state index in [0.29, 0.717) is 11.5 Å². The van der Waals surface area contributed by atoms with Crippen molar-refractivity contribution < 1.29 is 18.3 Å². The van der Waals surface area contributed by atoms with Crippen LogP contribution in [0.3, 0.4) is 0 Å². The van der Waals surface area contributed by atoms with Gasteiger partial charge in [-0.1, -0.05) is 37.5 Å². The van der Waals surface area contributed by atoms with Gasteiger partial charge in [-0.2, -0.15) is 0 Å². The highest BCUT2D eigenvalue weighted by Crippen LogP contribution is 2.33. The normalized spacial score (nSPS) is 15.6. The average Bonchev–Trinajstić information content (AvgIpc) is 2.64. The van der Waals surface area contributed by atoms with E-state index >= 15 is 0 Å². The number of nitrogens with one attached hydrogen (secondary N) is 1. The number of benzene rings is 2.